The maximum Gasteiger partial charge on any atom is 0.286 e. The van der Waals surface area contributed by atoms with Crippen LogP contribution in [0.3, 0.4) is 0 Å². The van der Waals surface area contributed by atoms with E-state index in [0.29, 0.717) is 32.0 Å². The molecule has 3 heterocycles. The van der Waals surface area contributed by atoms with E-state index in [4.69, 9.17) is 27.6 Å². The predicted octanol–water partition coefficient (Wildman–Crippen LogP) is 6.05. The summed E-state index contributed by atoms with van der Waals surface area (Å²) in [6.07, 6.45) is 1.72. The summed E-state index contributed by atoms with van der Waals surface area (Å²) in [6.45, 7) is 3.41. The Kier molecular flexibility index (Phi) is 6.00. The van der Waals surface area contributed by atoms with Gasteiger partial charge in [-0.3, -0.25) is 4.79 Å². The average Bonchev–Trinajstić information content (AvgIpc) is 3.41. The second-order valence-electron chi connectivity index (χ2n) is 7.42. The fraction of sp³-hybridized carbons (Fsp3) is 0.167. The Morgan fingerprint density at radius 1 is 0.875 bits per heavy atom. The zero-order valence-electron chi connectivity index (χ0n) is 17.0. The van der Waals surface area contributed by atoms with Crippen molar-refractivity contribution in [2.24, 2.45) is 4.99 Å². The van der Waals surface area contributed by atoms with E-state index in [1.807, 2.05) is 18.2 Å². The molecule has 0 saturated carbocycles. The van der Waals surface area contributed by atoms with Gasteiger partial charge in [0.05, 0.1) is 20.5 Å². The van der Waals surface area contributed by atoms with Crippen LogP contribution in [0.15, 0.2) is 75.0 Å². The van der Waals surface area contributed by atoms with Crippen LogP contribution in [0, 0.1) is 0 Å². The Balaban J connectivity index is 1.26. The number of rotatable bonds is 3. The van der Waals surface area contributed by atoms with Crippen LogP contribution in [0.5, 0.6) is 0 Å². The molecule has 1 aromatic heterocycles. The number of carbonyl (C=O) groups excluding carboxylic acids is 1. The summed E-state index contributed by atoms with van der Waals surface area (Å²) >= 11 is 13.9. The van der Waals surface area contributed by atoms with Gasteiger partial charge in [0.25, 0.3) is 5.91 Å². The number of aliphatic imine (C=N–C) groups is 1. The molecule has 1 fully saturated rings. The normalized spacial score (nSPS) is 17.9. The quantitative estimate of drug-likeness (QED) is 0.424. The predicted molar refractivity (Wildman–Crippen MR) is 132 cm³/mol. The molecule has 2 aliphatic rings. The van der Waals surface area contributed by atoms with E-state index < -0.39 is 0 Å². The van der Waals surface area contributed by atoms with Crippen molar-refractivity contribution in [3.05, 3.63) is 81.4 Å². The van der Waals surface area contributed by atoms with E-state index in [2.05, 4.69) is 26.9 Å². The monoisotopic (exact) mass is 483 g/mol. The Bertz CT molecular complexity index is 1190. The Hall–Kier alpha value is -2.67. The summed E-state index contributed by atoms with van der Waals surface area (Å²) in [5.41, 5.74) is 1.86. The van der Waals surface area contributed by atoms with Crippen LogP contribution in [0.2, 0.25) is 10.0 Å². The van der Waals surface area contributed by atoms with Gasteiger partial charge < -0.3 is 14.2 Å². The first-order valence-corrected chi connectivity index (χ1v) is 11.8. The van der Waals surface area contributed by atoms with Crippen molar-refractivity contribution in [1.82, 2.24) is 4.90 Å². The second-order valence-corrected chi connectivity index (χ2v) is 9.24. The molecule has 2 aromatic carbocycles. The third kappa shape index (κ3) is 4.31. The third-order valence-electron chi connectivity index (χ3n) is 5.39. The molecule has 5 rings (SSSR count). The first-order valence-electron chi connectivity index (χ1n) is 10.2. The molecule has 8 heteroatoms. The number of thioether (sulfide) groups is 1. The largest absolute Gasteiger partial charge is 0.457 e. The van der Waals surface area contributed by atoms with Gasteiger partial charge in [-0.05, 0) is 48.2 Å². The number of hydrogen-bond donors (Lipinski definition) is 0. The van der Waals surface area contributed by atoms with Crippen LogP contribution in [-0.4, -0.2) is 42.2 Å². The zero-order valence-corrected chi connectivity index (χ0v) is 19.3. The highest BCUT2D eigenvalue weighted by Gasteiger charge is 2.29. The smallest absolute Gasteiger partial charge is 0.286 e. The lowest BCUT2D eigenvalue weighted by atomic mass is 10.2. The van der Waals surface area contributed by atoms with Crippen molar-refractivity contribution in [3.63, 3.8) is 0 Å². The Labute approximate surface area is 200 Å². The van der Waals surface area contributed by atoms with Gasteiger partial charge in [0.1, 0.15) is 11.5 Å². The topological polar surface area (TPSA) is 49.1 Å². The van der Waals surface area contributed by atoms with Crippen LogP contribution in [0.4, 0.5) is 5.69 Å². The molecule has 0 spiro atoms. The van der Waals surface area contributed by atoms with Gasteiger partial charge in [0.2, 0.25) is 0 Å². The van der Waals surface area contributed by atoms with Crippen LogP contribution >= 0.6 is 35.0 Å². The minimum absolute atomic E-state index is 0.246. The number of hydrogen-bond acceptors (Lipinski definition) is 5. The Morgan fingerprint density at radius 2 is 1.56 bits per heavy atom. The lowest BCUT2D eigenvalue weighted by Gasteiger charge is -2.36. The lowest BCUT2D eigenvalue weighted by Crippen LogP contribution is -2.47. The number of para-hydroxylation sites is 1. The first kappa shape index (κ1) is 21.2. The van der Waals surface area contributed by atoms with Crippen molar-refractivity contribution in [1.29, 1.82) is 0 Å². The van der Waals surface area contributed by atoms with Crippen molar-refractivity contribution in [2.75, 3.05) is 31.1 Å². The van der Waals surface area contributed by atoms with E-state index >= 15 is 0 Å². The maximum absolute atomic E-state index is 12.5. The lowest BCUT2D eigenvalue weighted by molar-refractivity contribution is -0.113. The van der Waals surface area contributed by atoms with Gasteiger partial charge in [0.15, 0.2) is 5.17 Å². The highest BCUT2D eigenvalue weighted by atomic mass is 35.5. The van der Waals surface area contributed by atoms with Gasteiger partial charge in [0, 0.05) is 37.9 Å². The average molecular weight is 484 g/mol. The summed E-state index contributed by atoms with van der Waals surface area (Å²) in [4.78, 5) is 21.8. The summed E-state index contributed by atoms with van der Waals surface area (Å²) < 4.78 is 5.90. The number of piperazine rings is 1. The van der Waals surface area contributed by atoms with Crippen molar-refractivity contribution >= 4 is 57.8 Å². The third-order valence-corrected chi connectivity index (χ3v) is 7.06. The number of benzene rings is 2. The number of nitrogens with zero attached hydrogens (tertiary/aromatic N) is 3. The summed E-state index contributed by atoms with van der Waals surface area (Å²) in [5, 5.41) is 1.77. The summed E-state index contributed by atoms with van der Waals surface area (Å²) in [7, 11) is 0. The minimum atomic E-state index is -0.246. The number of halogens is 2. The minimum Gasteiger partial charge on any atom is -0.457 e. The van der Waals surface area contributed by atoms with Gasteiger partial charge in [-0.1, -0.05) is 47.5 Å². The Morgan fingerprint density at radius 3 is 2.28 bits per heavy atom. The highest BCUT2D eigenvalue weighted by Crippen LogP contribution is 2.37. The highest BCUT2D eigenvalue weighted by molar-refractivity contribution is 8.18. The van der Waals surface area contributed by atoms with E-state index in [-0.39, 0.29) is 5.91 Å². The fourth-order valence-electron chi connectivity index (χ4n) is 3.76. The van der Waals surface area contributed by atoms with Gasteiger partial charge in [-0.15, -0.1) is 0 Å². The molecule has 5 nitrogen and oxygen atoms in total. The first-order chi connectivity index (χ1) is 15.6. The number of furan rings is 1. The SMILES string of the molecule is O=C1N=C(N2CCN(c3ccccc3)CC2)S/C1=C/c1ccc(-c2c(Cl)cccc2Cl)o1. The molecular weight excluding hydrogens is 465 g/mol. The number of anilines is 1. The maximum atomic E-state index is 12.5. The van der Waals surface area contributed by atoms with Gasteiger partial charge in [-0.2, -0.15) is 4.99 Å². The molecular formula is C24H19Cl2N3O2S. The van der Waals surface area contributed by atoms with Crippen molar-refractivity contribution in [3.8, 4) is 11.3 Å². The molecule has 0 aliphatic carbocycles. The molecule has 0 unspecified atom stereocenters. The summed E-state index contributed by atoms with van der Waals surface area (Å²) in [6, 6.07) is 19.3. The molecule has 1 amide bonds. The standard InChI is InChI=1S/C24H19Cl2N3O2S/c25-18-7-4-8-19(26)22(18)20-10-9-17(31-20)15-21-23(30)27-24(32-21)29-13-11-28(12-14-29)16-5-2-1-3-6-16/h1-10,15H,11-14H2/b21-15+. The van der Waals surface area contributed by atoms with Crippen LogP contribution < -0.4 is 4.90 Å². The van der Waals surface area contributed by atoms with E-state index in [9.17, 15) is 4.79 Å². The fourth-order valence-corrected chi connectivity index (χ4v) is 5.28. The van der Waals surface area contributed by atoms with Crippen LogP contribution in [0.1, 0.15) is 5.76 Å². The van der Waals surface area contributed by atoms with Gasteiger partial charge in [-0.25, -0.2) is 0 Å². The van der Waals surface area contributed by atoms with Crippen LogP contribution in [-0.2, 0) is 4.79 Å². The molecule has 162 valence electrons. The molecule has 0 N–H and O–H groups in total. The summed E-state index contributed by atoms with van der Waals surface area (Å²) in [5.74, 6) is 0.863. The van der Waals surface area contributed by atoms with Crippen LogP contribution in [0.25, 0.3) is 17.4 Å². The molecule has 0 radical (unpaired) electrons. The second kappa shape index (κ2) is 9.06. The number of amides is 1. The molecule has 3 aromatic rings. The van der Waals surface area contributed by atoms with Gasteiger partial charge >= 0.3 is 0 Å². The molecule has 32 heavy (non-hydrogen) atoms. The van der Waals surface area contributed by atoms with E-state index in [1.54, 1.807) is 36.4 Å². The zero-order chi connectivity index (χ0) is 22.1. The molecule has 1 saturated heterocycles. The van der Waals surface area contributed by atoms with Crippen molar-refractivity contribution < 1.29 is 9.21 Å². The molecule has 0 bridgehead atoms. The molecule has 2 aliphatic heterocycles. The number of amidine groups is 1. The number of carbonyl (C=O) groups is 1. The van der Waals surface area contributed by atoms with E-state index in [0.717, 1.165) is 31.3 Å². The van der Waals surface area contributed by atoms with E-state index in [1.165, 1.54) is 17.4 Å². The van der Waals surface area contributed by atoms with Crippen molar-refractivity contribution in [2.45, 2.75) is 0 Å². The molecule has 0 atom stereocenters.